The standard InChI is InChI=1S/C13H17NO2/c1-9-8-14(2)12-7-10(3-5-11(9)12)4-6-13(15)16/h3,5,7,9H,4,6,8H2,1-2H3,(H,15,16). The molecule has 1 unspecified atom stereocenters. The summed E-state index contributed by atoms with van der Waals surface area (Å²) in [6, 6.07) is 6.32. The van der Waals surface area contributed by atoms with Gasteiger partial charge in [0.2, 0.25) is 0 Å². The number of carboxylic acid groups (broad SMARTS) is 1. The third kappa shape index (κ3) is 2.03. The number of rotatable bonds is 3. The van der Waals surface area contributed by atoms with Gasteiger partial charge in [-0.1, -0.05) is 19.1 Å². The van der Waals surface area contributed by atoms with E-state index in [1.807, 2.05) is 0 Å². The van der Waals surface area contributed by atoms with Gasteiger partial charge in [0.15, 0.2) is 0 Å². The molecule has 0 aliphatic carbocycles. The van der Waals surface area contributed by atoms with Crippen molar-refractivity contribution in [3.05, 3.63) is 29.3 Å². The minimum absolute atomic E-state index is 0.206. The lowest BCUT2D eigenvalue weighted by Crippen LogP contribution is -2.14. The van der Waals surface area contributed by atoms with Gasteiger partial charge in [-0.3, -0.25) is 4.79 Å². The molecule has 0 saturated carbocycles. The maximum absolute atomic E-state index is 10.5. The summed E-state index contributed by atoms with van der Waals surface area (Å²) in [4.78, 5) is 12.8. The van der Waals surface area contributed by atoms with Crippen molar-refractivity contribution in [1.29, 1.82) is 0 Å². The van der Waals surface area contributed by atoms with Crippen LogP contribution in [0.1, 0.15) is 30.4 Å². The second-order valence-corrected chi connectivity index (χ2v) is 4.57. The molecule has 1 aromatic carbocycles. The van der Waals surface area contributed by atoms with Gasteiger partial charge in [0.05, 0.1) is 0 Å². The number of hydrogen-bond acceptors (Lipinski definition) is 2. The average molecular weight is 219 g/mol. The topological polar surface area (TPSA) is 40.5 Å². The summed E-state index contributed by atoms with van der Waals surface area (Å²) in [7, 11) is 2.09. The number of benzene rings is 1. The summed E-state index contributed by atoms with van der Waals surface area (Å²) in [5.74, 6) is -0.157. The summed E-state index contributed by atoms with van der Waals surface area (Å²) >= 11 is 0. The molecule has 0 fully saturated rings. The number of carbonyl (C=O) groups is 1. The van der Waals surface area contributed by atoms with Gasteiger partial charge in [-0.05, 0) is 23.6 Å². The molecule has 0 amide bonds. The van der Waals surface area contributed by atoms with E-state index in [0.717, 1.165) is 12.1 Å². The van der Waals surface area contributed by atoms with E-state index in [0.29, 0.717) is 12.3 Å². The molecule has 86 valence electrons. The van der Waals surface area contributed by atoms with Crippen molar-refractivity contribution >= 4 is 11.7 Å². The molecule has 1 atom stereocenters. The van der Waals surface area contributed by atoms with E-state index in [1.54, 1.807) is 0 Å². The van der Waals surface area contributed by atoms with Gasteiger partial charge in [-0.15, -0.1) is 0 Å². The Morgan fingerprint density at radius 1 is 1.56 bits per heavy atom. The fourth-order valence-corrected chi connectivity index (χ4v) is 2.35. The van der Waals surface area contributed by atoms with Crippen LogP contribution in [0.25, 0.3) is 0 Å². The number of hydrogen-bond donors (Lipinski definition) is 1. The Morgan fingerprint density at radius 2 is 2.31 bits per heavy atom. The average Bonchev–Trinajstić information content (AvgIpc) is 2.52. The largest absolute Gasteiger partial charge is 0.481 e. The van der Waals surface area contributed by atoms with E-state index in [2.05, 4.69) is 37.1 Å². The van der Waals surface area contributed by atoms with Crippen LogP contribution >= 0.6 is 0 Å². The van der Waals surface area contributed by atoms with Crippen LogP contribution in [0, 0.1) is 0 Å². The predicted octanol–water partition coefficient (Wildman–Crippen LogP) is 2.26. The van der Waals surface area contributed by atoms with Crippen molar-refractivity contribution in [3.8, 4) is 0 Å². The zero-order valence-corrected chi connectivity index (χ0v) is 9.73. The van der Waals surface area contributed by atoms with Crippen LogP contribution in [0.15, 0.2) is 18.2 Å². The van der Waals surface area contributed by atoms with Gasteiger partial charge in [0.25, 0.3) is 0 Å². The molecule has 0 saturated heterocycles. The Kier molecular flexibility index (Phi) is 2.86. The monoisotopic (exact) mass is 219 g/mol. The van der Waals surface area contributed by atoms with Crippen molar-refractivity contribution in [1.82, 2.24) is 0 Å². The SMILES string of the molecule is CC1CN(C)c2cc(CCC(=O)O)ccc21. The molecule has 0 radical (unpaired) electrons. The highest BCUT2D eigenvalue weighted by molar-refractivity contribution is 5.67. The van der Waals surface area contributed by atoms with Crippen LogP contribution in [0.2, 0.25) is 0 Å². The second-order valence-electron chi connectivity index (χ2n) is 4.57. The van der Waals surface area contributed by atoms with Gasteiger partial charge in [0.1, 0.15) is 0 Å². The van der Waals surface area contributed by atoms with Crippen molar-refractivity contribution in [2.75, 3.05) is 18.5 Å². The molecular formula is C13H17NO2. The fraction of sp³-hybridized carbons (Fsp3) is 0.462. The normalized spacial score (nSPS) is 18.6. The van der Waals surface area contributed by atoms with Crippen molar-refractivity contribution in [2.45, 2.75) is 25.7 Å². The van der Waals surface area contributed by atoms with E-state index >= 15 is 0 Å². The third-order valence-corrected chi connectivity index (χ3v) is 3.21. The third-order valence-electron chi connectivity index (χ3n) is 3.21. The Hall–Kier alpha value is -1.51. The van der Waals surface area contributed by atoms with Crippen LogP contribution in [0.5, 0.6) is 0 Å². The van der Waals surface area contributed by atoms with Crippen LogP contribution in [-0.2, 0) is 11.2 Å². The fourth-order valence-electron chi connectivity index (χ4n) is 2.35. The molecule has 1 aromatic rings. The first-order chi connectivity index (χ1) is 7.58. The van der Waals surface area contributed by atoms with Gasteiger partial charge < -0.3 is 10.0 Å². The molecule has 0 bridgehead atoms. The lowest BCUT2D eigenvalue weighted by atomic mass is 10.0. The van der Waals surface area contributed by atoms with Gasteiger partial charge >= 0.3 is 5.97 Å². The molecule has 1 heterocycles. The summed E-state index contributed by atoms with van der Waals surface area (Å²) < 4.78 is 0. The number of anilines is 1. The lowest BCUT2D eigenvalue weighted by Gasteiger charge is -2.12. The van der Waals surface area contributed by atoms with Gasteiger partial charge in [0, 0.05) is 31.6 Å². The quantitative estimate of drug-likeness (QED) is 0.847. The molecular weight excluding hydrogens is 202 g/mol. The minimum atomic E-state index is -0.734. The molecule has 16 heavy (non-hydrogen) atoms. The number of fused-ring (bicyclic) bond motifs is 1. The van der Waals surface area contributed by atoms with Crippen molar-refractivity contribution in [2.24, 2.45) is 0 Å². The molecule has 0 aromatic heterocycles. The first-order valence-electron chi connectivity index (χ1n) is 5.63. The maximum atomic E-state index is 10.5. The smallest absolute Gasteiger partial charge is 0.303 e. The van der Waals surface area contributed by atoms with Crippen molar-refractivity contribution in [3.63, 3.8) is 0 Å². The highest BCUT2D eigenvalue weighted by Crippen LogP contribution is 2.35. The number of likely N-dealkylation sites (N-methyl/N-ethyl adjacent to an activating group) is 1. The van der Waals surface area contributed by atoms with Crippen LogP contribution < -0.4 is 4.90 Å². The maximum Gasteiger partial charge on any atom is 0.303 e. The molecule has 1 aliphatic heterocycles. The summed E-state index contributed by atoms with van der Waals surface area (Å²) in [5.41, 5.74) is 3.75. The van der Waals surface area contributed by atoms with Gasteiger partial charge in [-0.25, -0.2) is 0 Å². The Labute approximate surface area is 95.7 Å². The number of carboxylic acids is 1. The number of nitrogens with zero attached hydrogens (tertiary/aromatic N) is 1. The molecule has 2 rings (SSSR count). The van der Waals surface area contributed by atoms with Crippen molar-refractivity contribution < 1.29 is 9.90 Å². The van der Waals surface area contributed by atoms with E-state index < -0.39 is 5.97 Å². The number of aliphatic carboxylic acids is 1. The highest BCUT2D eigenvalue weighted by Gasteiger charge is 2.22. The van der Waals surface area contributed by atoms with Crippen LogP contribution in [-0.4, -0.2) is 24.7 Å². The Morgan fingerprint density at radius 3 is 3.00 bits per heavy atom. The van der Waals surface area contributed by atoms with Gasteiger partial charge in [-0.2, -0.15) is 0 Å². The van der Waals surface area contributed by atoms with Crippen LogP contribution in [0.3, 0.4) is 0 Å². The first-order valence-corrected chi connectivity index (χ1v) is 5.63. The van der Waals surface area contributed by atoms with Crippen LogP contribution in [0.4, 0.5) is 5.69 Å². The predicted molar refractivity (Wildman–Crippen MR) is 64.1 cm³/mol. The molecule has 1 aliphatic rings. The summed E-state index contributed by atoms with van der Waals surface area (Å²) in [6.07, 6.45) is 0.822. The van der Waals surface area contributed by atoms with E-state index in [9.17, 15) is 4.79 Å². The Bertz CT molecular complexity index is 414. The summed E-state index contributed by atoms with van der Waals surface area (Å²) in [6.45, 7) is 3.27. The molecule has 3 nitrogen and oxygen atoms in total. The first kappa shape index (κ1) is 11.0. The lowest BCUT2D eigenvalue weighted by molar-refractivity contribution is -0.136. The zero-order valence-electron chi connectivity index (χ0n) is 9.73. The minimum Gasteiger partial charge on any atom is -0.481 e. The molecule has 1 N–H and O–H groups in total. The number of aryl methyl sites for hydroxylation is 1. The zero-order chi connectivity index (χ0) is 11.7. The highest BCUT2D eigenvalue weighted by atomic mass is 16.4. The molecule has 0 spiro atoms. The van der Waals surface area contributed by atoms with E-state index in [-0.39, 0.29) is 6.42 Å². The molecule has 3 heteroatoms. The van der Waals surface area contributed by atoms with E-state index in [4.69, 9.17) is 5.11 Å². The Balaban J connectivity index is 2.19. The summed E-state index contributed by atoms with van der Waals surface area (Å²) in [5, 5.41) is 8.65. The second kappa shape index (κ2) is 4.16. The van der Waals surface area contributed by atoms with E-state index in [1.165, 1.54) is 11.3 Å².